The maximum Gasteiger partial charge on any atom is 0.335 e. The number of carbonyl (C=O) groups is 1. The van der Waals surface area contributed by atoms with E-state index in [0.717, 1.165) is 12.8 Å². The number of carboxylic acid groups (broad SMARTS) is 1. The van der Waals surface area contributed by atoms with Crippen LogP contribution in [0.4, 0.5) is 0 Å². The van der Waals surface area contributed by atoms with E-state index in [1.54, 1.807) is 6.07 Å². The van der Waals surface area contributed by atoms with Crippen LogP contribution in [-0.2, 0) is 0 Å². The van der Waals surface area contributed by atoms with Crippen molar-refractivity contribution >= 4 is 5.97 Å². The summed E-state index contributed by atoms with van der Waals surface area (Å²) >= 11 is 0. The van der Waals surface area contributed by atoms with Gasteiger partial charge in [-0.2, -0.15) is 5.26 Å². The molecule has 15 heavy (non-hydrogen) atoms. The highest BCUT2D eigenvalue weighted by molar-refractivity contribution is 5.88. The number of rotatable bonds is 3. The van der Waals surface area contributed by atoms with Gasteiger partial charge in [-0.15, -0.1) is 0 Å². The first-order valence-electron chi connectivity index (χ1n) is 4.65. The summed E-state index contributed by atoms with van der Waals surface area (Å²) in [4.78, 5) is 10.7. The average Bonchev–Trinajstić information content (AvgIpc) is 3.02. The fourth-order valence-corrected chi connectivity index (χ4v) is 1.22. The van der Waals surface area contributed by atoms with Gasteiger partial charge in [0.05, 0.1) is 17.2 Å². The summed E-state index contributed by atoms with van der Waals surface area (Å²) in [5.41, 5.74) is 0.386. The van der Waals surface area contributed by atoms with Crippen LogP contribution in [0.1, 0.15) is 28.8 Å². The Hall–Kier alpha value is -2.02. The average molecular weight is 203 g/mol. The molecule has 1 N–H and O–H groups in total. The number of ether oxygens (including phenoxy) is 1. The Labute approximate surface area is 86.7 Å². The second kappa shape index (κ2) is 3.62. The van der Waals surface area contributed by atoms with Gasteiger partial charge in [-0.25, -0.2) is 4.79 Å². The van der Waals surface area contributed by atoms with Crippen molar-refractivity contribution in [3.63, 3.8) is 0 Å². The summed E-state index contributed by atoms with van der Waals surface area (Å²) < 4.78 is 5.47. The monoisotopic (exact) mass is 203 g/mol. The Bertz CT molecular complexity index is 444. The molecule has 0 atom stereocenters. The quantitative estimate of drug-likeness (QED) is 0.813. The minimum absolute atomic E-state index is 0.106. The third-order valence-electron chi connectivity index (χ3n) is 2.16. The van der Waals surface area contributed by atoms with E-state index in [1.807, 2.05) is 6.07 Å². The lowest BCUT2D eigenvalue weighted by molar-refractivity contribution is 0.0697. The molecule has 0 saturated heterocycles. The first kappa shape index (κ1) is 9.53. The maximum atomic E-state index is 10.7. The van der Waals surface area contributed by atoms with E-state index in [0.29, 0.717) is 5.75 Å². The number of nitrogens with zero attached hydrogens (tertiary/aromatic N) is 1. The van der Waals surface area contributed by atoms with Crippen molar-refractivity contribution in [3.8, 4) is 11.8 Å². The zero-order valence-electron chi connectivity index (χ0n) is 7.93. The van der Waals surface area contributed by atoms with E-state index in [2.05, 4.69) is 0 Å². The molecule has 76 valence electrons. The van der Waals surface area contributed by atoms with E-state index in [4.69, 9.17) is 15.1 Å². The molecule has 0 aromatic heterocycles. The van der Waals surface area contributed by atoms with Crippen LogP contribution < -0.4 is 4.74 Å². The van der Waals surface area contributed by atoms with Crippen molar-refractivity contribution < 1.29 is 14.6 Å². The van der Waals surface area contributed by atoms with Gasteiger partial charge in [0.25, 0.3) is 0 Å². The molecule has 1 aromatic carbocycles. The van der Waals surface area contributed by atoms with E-state index in [1.165, 1.54) is 12.1 Å². The smallest absolute Gasteiger partial charge is 0.335 e. The first-order chi connectivity index (χ1) is 7.20. The van der Waals surface area contributed by atoms with Gasteiger partial charge in [-0.05, 0) is 31.0 Å². The second-order valence-corrected chi connectivity index (χ2v) is 3.45. The van der Waals surface area contributed by atoms with Crippen molar-refractivity contribution in [3.05, 3.63) is 29.3 Å². The molecule has 4 heteroatoms. The summed E-state index contributed by atoms with van der Waals surface area (Å²) in [5, 5.41) is 17.6. The van der Waals surface area contributed by atoms with Gasteiger partial charge in [0, 0.05) is 0 Å². The SMILES string of the molecule is N#Cc1cc(C(=O)O)ccc1OC1CC1. The predicted octanol–water partition coefficient (Wildman–Crippen LogP) is 1.80. The summed E-state index contributed by atoms with van der Waals surface area (Å²) in [6, 6.07) is 6.26. The van der Waals surface area contributed by atoms with Crippen LogP contribution in [-0.4, -0.2) is 17.2 Å². The Morgan fingerprint density at radius 3 is 2.80 bits per heavy atom. The van der Waals surface area contributed by atoms with Crippen LogP contribution in [0.5, 0.6) is 5.75 Å². The van der Waals surface area contributed by atoms with Crippen LogP contribution in [0.3, 0.4) is 0 Å². The molecule has 0 bridgehead atoms. The summed E-state index contributed by atoms with van der Waals surface area (Å²) in [5.74, 6) is -0.561. The Morgan fingerprint density at radius 1 is 1.53 bits per heavy atom. The fourth-order valence-electron chi connectivity index (χ4n) is 1.22. The highest BCUT2D eigenvalue weighted by atomic mass is 16.5. The van der Waals surface area contributed by atoms with Gasteiger partial charge in [0.1, 0.15) is 11.8 Å². The Kier molecular flexibility index (Phi) is 2.30. The summed E-state index contributed by atoms with van der Waals surface area (Å²) in [6.07, 6.45) is 2.21. The number of benzene rings is 1. The van der Waals surface area contributed by atoms with Crippen LogP contribution in [0.15, 0.2) is 18.2 Å². The van der Waals surface area contributed by atoms with Gasteiger partial charge in [0.2, 0.25) is 0 Å². The number of nitriles is 1. The highest BCUT2D eigenvalue weighted by Crippen LogP contribution is 2.29. The summed E-state index contributed by atoms with van der Waals surface area (Å²) in [6.45, 7) is 0. The Balaban J connectivity index is 2.30. The van der Waals surface area contributed by atoms with E-state index in [-0.39, 0.29) is 17.2 Å². The highest BCUT2D eigenvalue weighted by Gasteiger charge is 2.24. The molecule has 1 fully saturated rings. The lowest BCUT2D eigenvalue weighted by Crippen LogP contribution is -2.01. The molecular weight excluding hydrogens is 194 g/mol. The number of carboxylic acids is 1. The van der Waals surface area contributed by atoms with Crippen LogP contribution >= 0.6 is 0 Å². The third-order valence-corrected chi connectivity index (χ3v) is 2.16. The molecule has 4 nitrogen and oxygen atoms in total. The molecule has 0 heterocycles. The normalized spacial score (nSPS) is 14.3. The molecule has 0 amide bonds. The molecule has 1 saturated carbocycles. The Morgan fingerprint density at radius 2 is 2.27 bits per heavy atom. The molecule has 1 aromatic rings. The van der Waals surface area contributed by atoms with Gasteiger partial charge in [0.15, 0.2) is 0 Å². The summed E-state index contributed by atoms with van der Waals surface area (Å²) in [7, 11) is 0. The molecule has 0 radical (unpaired) electrons. The van der Waals surface area contributed by atoms with Gasteiger partial charge in [-0.1, -0.05) is 0 Å². The van der Waals surface area contributed by atoms with Gasteiger partial charge < -0.3 is 9.84 Å². The molecule has 1 aliphatic carbocycles. The van der Waals surface area contributed by atoms with Crippen molar-refractivity contribution in [1.29, 1.82) is 5.26 Å². The van der Waals surface area contributed by atoms with Crippen LogP contribution in [0, 0.1) is 11.3 Å². The minimum Gasteiger partial charge on any atom is -0.489 e. The molecule has 0 spiro atoms. The lowest BCUT2D eigenvalue weighted by atomic mass is 10.1. The van der Waals surface area contributed by atoms with Crippen molar-refractivity contribution in [2.45, 2.75) is 18.9 Å². The van der Waals surface area contributed by atoms with Gasteiger partial charge >= 0.3 is 5.97 Å². The van der Waals surface area contributed by atoms with E-state index < -0.39 is 5.97 Å². The molecular formula is C11H9NO3. The maximum absolute atomic E-state index is 10.7. The van der Waals surface area contributed by atoms with Crippen molar-refractivity contribution in [2.24, 2.45) is 0 Å². The molecule has 0 unspecified atom stereocenters. The second-order valence-electron chi connectivity index (χ2n) is 3.45. The van der Waals surface area contributed by atoms with Crippen LogP contribution in [0.2, 0.25) is 0 Å². The fraction of sp³-hybridized carbons (Fsp3) is 0.273. The number of hydrogen-bond donors (Lipinski definition) is 1. The van der Waals surface area contributed by atoms with Crippen molar-refractivity contribution in [1.82, 2.24) is 0 Å². The minimum atomic E-state index is -1.04. The predicted molar refractivity (Wildman–Crippen MR) is 51.8 cm³/mol. The van der Waals surface area contributed by atoms with Gasteiger partial charge in [-0.3, -0.25) is 0 Å². The zero-order chi connectivity index (χ0) is 10.8. The lowest BCUT2D eigenvalue weighted by Gasteiger charge is -2.06. The number of hydrogen-bond acceptors (Lipinski definition) is 3. The number of aromatic carboxylic acids is 1. The first-order valence-corrected chi connectivity index (χ1v) is 4.65. The van der Waals surface area contributed by atoms with E-state index in [9.17, 15) is 4.79 Å². The third kappa shape index (κ3) is 2.08. The molecule has 1 aliphatic rings. The largest absolute Gasteiger partial charge is 0.489 e. The molecule has 0 aliphatic heterocycles. The van der Waals surface area contributed by atoms with Crippen molar-refractivity contribution in [2.75, 3.05) is 0 Å². The standard InChI is InChI=1S/C11H9NO3/c12-6-8-5-7(11(13)14)1-4-10(8)15-9-2-3-9/h1,4-5,9H,2-3H2,(H,13,14). The topological polar surface area (TPSA) is 70.3 Å². The zero-order valence-corrected chi connectivity index (χ0v) is 7.93. The van der Waals surface area contributed by atoms with E-state index >= 15 is 0 Å². The van der Waals surface area contributed by atoms with Crippen LogP contribution in [0.25, 0.3) is 0 Å². The molecule has 2 rings (SSSR count).